The summed E-state index contributed by atoms with van der Waals surface area (Å²) in [7, 11) is 0. The molecule has 2 aromatic rings. The summed E-state index contributed by atoms with van der Waals surface area (Å²) >= 11 is 1.17. The Labute approximate surface area is 132 Å². The lowest BCUT2D eigenvalue weighted by atomic mass is 9.75. The van der Waals surface area contributed by atoms with Crippen LogP contribution in [0.2, 0.25) is 0 Å². The van der Waals surface area contributed by atoms with Crippen LogP contribution < -0.4 is 11.1 Å². The van der Waals surface area contributed by atoms with Gasteiger partial charge in [-0.1, -0.05) is 0 Å². The standard InChI is InChI=1S/C15H18N4O2S/c16-14-12(8-22-19-14)15(21)18-13(10-6-11(20)7-10)5-9-1-3-17-4-2-9/h1-4,8,10-11,13,20H,5-7H2,(H2,16,19)(H,18,21)/t10?,11?,13-/m1/s1. The van der Waals surface area contributed by atoms with Gasteiger partial charge in [-0.2, -0.15) is 4.37 Å². The van der Waals surface area contributed by atoms with Crippen LogP contribution in [-0.2, 0) is 6.42 Å². The third-order valence-electron chi connectivity index (χ3n) is 4.08. The van der Waals surface area contributed by atoms with Gasteiger partial charge in [-0.05, 0) is 54.4 Å². The lowest BCUT2D eigenvalue weighted by Crippen LogP contribution is -2.48. The predicted octanol–water partition coefficient (Wildman–Crippen LogP) is 1.23. The summed E-state index contributed by atoms with van der Waals surface area (Å²) in [5.41, 5.74) is 7.23. The van der Waals surface area contributed by atoms with Gasteiger partial charge >= 0.3 is 0 Å². The summed E-state index contributed by atoms with van der Waals surface area (Å²) in [6, 6.07) is 3.85. The Morgan fingerprint density at radius 2 is 2.18 bits per heavy atom. The van der Waals surface area contributed by atoms with Crippen LogP contribution in [0.25, 0.3) is 0 Å². The van der Waals surface area contributed by atoms with Crippen LogP contribution in [0, 0.1) is 5.92 Å². The average molecular weight is 318 g/mol. The normalized spacial score (nSPS) is 21.9. The van der Waals surface area contributed by atoms with Crippen molar-refractivity contribution in [3.63, 3.8) is 0 Å². The molecule has 6 nitrogen and oxygen atoms in total. The largest absolute Gasteiger partial charge is 0.393 e. The van der Waals surface area contributed by atoms with Gasteiger partial charge in [0.25, 0.3) is 5.91 Å². The summed E-state index contributed by atoms with van der Waals surface area (Å²) in [6.07, 6.45) is 5.37. The molecule has 1 atom stereocenters. The quantitative estimate of drug-likeness (QED) is 0.770. The molecule has 0 bridgehead atoms. The van der Waals surface area contributed by atoms with Crippen molar-refractivity contribution in [2.45, 2.75) is 31.4 Å². The third kappa shape index (κ3) is 3.26. The van der Waals surface area contributed by atoms with Crippen molar-refractivity contribution in [3.8, 4) is 0 Å². The van der Waals surface area contributed by atoms with Gasteiger partial charge in [-0.3, -0.25) is 9.78 Å². The second kappa shape index (κ2) is 6.41. The highest BCUT2D eigenvalue weighted by Crippen LogP contribution is 2.32. The first-order valence-electron chi connectivity index (χ1n) is 7.21. The molecule has 1 amide bonds. The van der Waals surface area contributed by atoms with E-state index in [1.165, 1.54) is 11.5 Å². The first kappa shape index (κ1) is 14.9. The number of pyridine rings is 1. The Morgan fingerprint density at radius 3 is 2.77 bits per heavy atom. The number of nitrogens with two attached hydrogens (primary N) is 1. The van der Waals surface area contributed by atoms with E-state index in [2.05, 4.69) is 14.7 Å². The zero-order valence-electron chi connectivity index (χ0n) is 12.0. The van der Waals surface area contributed by atoms with Gasteiger partial charge in [0.15, 0.2) is 0 Å². The molecule has 3 rings (SSSR count). The minimum atomic E-state index is -0.255. The molecule has 2 heterocycles. The van der Waals surface area contributed by atoms with Gasteiger partial charge in [0.1, 0.15) is 5.82 Å². The average Bonchev–Trinajstić information content (AvgIpc) is 2.91. The van der Waals surface area contributed by atoms with E-state index in [0.29, 0.717) is 24.8 Å². The number of hydrogen-bond acceptors (Lipinski definition) is 6. The predicted molar refractivity (Wildman–Crippen MR) is 84.5 cm³/mol. The Kier molecular flexibility index (Phi) is 4.35. The van der Waals surface area contributed by atoms with Crippen LogP contribution in [0.4, 0.5) is 5.82 Å². The highest BCUT2D eigenvalue weighted by atomic mass is 32.1. The fourth-order valence-corrected chi connectivity index (χ4v) is 3.33. The second-order valence-corrected chi connectivity index (χ2v) is 6.27. The summed E-state index contributed by atoms with van der Waals surface area (Å²) in [6.45, 7) is 0. The van der Waals surface area contributed by atoms with Crippen molar-refractivity contribution in [1.82, 2.24) is 14.7 Å². The van der Waals surface area contributed by atoms with Crippen molar-refractivity contribution in [2.24, 2.45) is 5.92 Å². The zero-order chi connectivity index (χ0) is 15.5. The number of carbonyl (C=O) groups is 1. The summed E-state index contributed by atoms with van der Waals surface area (Å²) in [5.74, 6) is 0.338. The molecule has 0 spiro atoms. The molecular formula is C15H18N4O2S. The lowest BCUT2D eigenvalue weighted by Gasteiger charge is -2.38. The van der Waals surface area contributed by atoms with Crippen molar-refractivity contribution < 1.29 is 9.90 Å². The van der Waals surface area contributed by atoms with E-state index >= 15 is 0 Å². The van der Waals surface area contributed by atoms with Gasteiger partial charge < -0.3 is 16.2 Å². The summed E-state index contributed by atoms with van der Waals surface area (Å²) in [5, 5.41) is 14.2. The number of nitrogen functional groups attached to an aromatic ring is 1. The third-order valence-corrected chi connectivity index (χ3v) is 4.73. The molecule has 0 radical (unpaired) electrons. The number of aliphatic hydroxyl groups is 1. The van der Waals surface area contributed by atoms with Gasteiger partial charge in [-0.15, -0.1) is 0 Å². The van der Waals surface area contributed by atoms with Crippen molar-refractivity contribution in [2.75, 3.05) is 5.73 Å². The summed E-state index contributed by atoms with van der Waals surface area (Å²) < 4.78 is 3.93. The molecule has 2 aromatic heterocycles. The first-order valence-corrected chi connectivity index (χ1v) is 8.05. The number of anilines is 1. The molecule has 1 aliphatic rings. The molecular weight excluding hydrogens is 300 g/mol. The monoisotopic (exact) mass is 318 g/mol. The molecule has 0 saturated heterocycles. The van der Waals surface area contributed by atoms with E-state index in [-0.39, 0.29) is 29.8 Å². The number of carbonyl (C=O) groups excluding carboxylic acids is 1. The number of nitrogens with one attached hydrogen (secondary N) is 1. The highest BCUT2D eigenvalue weighted by Gasteiger charge is 2.35. The van der Waals surface area contributed by atoms with E-state index in [0.717, 1.165) is 5.56 Å². The number of amides is 1. The van der Waals surface area contributed by atoms with Crippen LogP contribution in [0.15, 0.2) is 29.9 Å². The van der Waals surface area contributed by atoms with E-state index in [1.54, 1.807) is 17.8 Å². The molecule has 0 unspecified atom stereocenters. The highest BCUT2D eigenvalue weighted by molar-refractivity contribution is 7.04. The number of aromatic nitrogens is 2. The number of hydrogen-bond donors (Lipinski definition) is 3. The molecule has 1 fully saturated rings. The topological polar surface area (TPSA) is 101 Å². The molecule has 4 N–H and O–H groups in total. The molecule has 1 saturated carbocycles. The van der Waals surface area contributed by atoms with Crippen LogP contribution in [0.3, 0.4) is 0 Å². The van der Waals surface area contributed by atoms with Gasteiger partial charge in [0.05, 0.1) is 11.7 Å². The Morgan fingerprint density at radius 1 is 1.45 bits per heavy atom. The fourth-order valence-electron chi connectivity index (χ4n) is 2.73. The molecule has 116 valence electrons. The van der Waals surface area contributed by atoms with Gasteiger partial charge in [0.2, 0.25) is 0 Å². The van der Waals surface area contributed by atoms with E-state index < -0.39 is 0 Å². The van der Waals surface area contributed by atoms with E-state index in [4.69, 9.17) is 5.73 Å². The maximum absolute atomic E-state index is 12.4. The summed E-state index contributed by atoms with van der Waals surface area (Å²) in [4.78, 5) is 16.4. The van der Waals surface area contributed by atoms with Crippen LogP contribution in [0.1, 0.15) is 28.8 Å². The Balaban J connectivity index is 1.71. The molecule has 22 heavy (non-hydrogen) atoms. The van der Waals surface area contributed by atoms with Crippen LogP contribution >= 0.6 is 11.5 Å². The van der Waals surface area contributed by atoms with E-state index in [1.807, 2.05) is 12.1 Å². The van der Waals surface area contributed by atoms with Crippen molar-refractivity contribution in [1.29, 1.82) is 0 Å². The van der Waals surface area contributed by atoms with Gasteiger partial charge in [0, 0.05) is 23.8 Å². The number of aliphatic hydroxyl groups excluding tert-OH is 1. The maximum atomic E-state index is 12.4. The molecule has 0 aromatic carbocycles. The van der Waals surface area contributed by atoms with Gasteiger partial charge in [-0.25, -0.2) is 0 Å². The molecule has 0 aliphatic heterocycles. The first-order chi connectivity index (χ1) is 10.6. The number of nitrogens with zero attached hydrogens (tertiary/aromatic N) is 2. The Hall–Kier alpha value is -1.99. The number of rotatable bonds is 5. The van der Waals surface area contributed by atoms with Crippen LogP contribution in [0.5, 0.6) is 0 Å². The fraction of sp³-hybridized carbons (Fsp3) is 0.400. The molecule has 1 aliphatic carbocycles. The lowest BCUT2D eigenvalue weighted by molar-refractivity contribution is 0.0239. The minimum Gasteiger partial charge on any atom is -0.393 e. The van der Waals surface area contributed by atoms with Crippen LogP contribution in [-0.4, -0.2) is 32.5 Å². The van der Waals surface area contributed by atoms with Crippen molar-refractivity contribution >= 4 is 23.3 Å². The zero-order valence-corrected chi connectivity index (χ0v) is 12.8. The minimum absolute atomic E-state index is 0.0300. The SMILES string of the molecule is Nc1nscc1C(=O)N[C@H](Cc1ccncc1)C1CC(O)C1. The molecule has 7 heteroatoms. The smallest absolute Gasteiger partial charge is 0.256 e. The van der Waals surface area contributed by atoms with E-state index in [9.17, 15) is 9.90 Å². The van der Waals surface area contributed by atoms with Crippen molar-refractivity contribution in [3.05, 3.63) is 41.0 Å². The second-order valence-electron chi connectivity index (χ2n) is 5.64. The Bertz CT molecular complexity index is 640. The maximum Gasteiger partial charge on any atom is 0.256 e.